The first-order valence-corrected chi connectivity index (χ1v) is 11.8. The third kappa shape index (κ3) is 5.00. The lowest BCUT2D eigenvalue weighted by Gasteiger charge is -2.27. The summed E-state index contributed by atoms with van der Waals surface area (Å²) in [6, 6.07) is 8.31. The molecule has 3 rings (SSSR count). The maximum absolute atomic E-state index is 13.3. The lowest BCUT2D eigenvalue weighted by molar-refractivity contribution is -0.384. The van der Waals surface area contributed by atoms with Gasteiger partial charge in [-0.05, 0) is 44.0 Å². The molecule has 0 spiro atoms. The minimum atomic E-state index is -3.81. The van der Waals surface area contributed by atoms with E-state index in [1.165, 1.54) is 40.7 Å². The number of nitro groups is 1. The number of sulfonamides is 1. The molecule has 0 atom stereocenters. The molecule has 1 aliphatic rings. The van der Waals surface area contributed by atoms with Crippen LogP contribution in [-0.4, -0.2) is 50.3 Å². The van der Waals surface area contributed by atoms with E-state index in [0.717, 1.165) is 19.3 Å². The minimum Gasteiger partial charge on any atom is -0.492 e. The highest BCUT2D eigenvalue weighted by molar-refractivity contribution is 7.89. The Morgan fingerprint density at radius 1 is 1.16 bits per heavy atom. The molecule has 32 heavy (non-hydrogen) atoms. The van der Waals surface area contributed by atoms with Crippen molar-refractivity contribution >= 4 is 33.0 Å². The number of piperidine rings is 1. The molecular formula is C21H26N4O6S. The summed E-state index contributed by atoms with van der Waals surface area (Å²) in [5.41, 5.74) is 0.480. The summed E-state index contributed by atoms with van der Waals surface area (Å²) in [5, 5.41) is 16.6. The van der Waals surface area contributed by atoms with Crippen LogP contribution in [0.25, 0.3) is 0 Å². The predicted octanol–water partition coefficient (Wildman–Crippen LogP) is 3.46. The molecule has 11 heteroatoms. The van der Waals surface area contributed by atoms with E-state index in [1.54, 1.807) is 14.0 Å². The molecule has 0 aliphatic carbocycles. The molecule has 0 radical (unpaired) electrons. The van der Waals surface area contributed by atoms with Crippen molar-refractivity contribution in [3.8, 4) is 5.75 Å². The standard InChI is InChI=1S/C21H26N4O6S/c1-3-31-19-10-7-15(13-20(19)32(29,30)24-11-5-4-6-12-24)23-21(26)17-14-16(25(27)28)8-9-18(17)22-2/h7-10,13-14,22H,3-6,11-12H2,1-2H3,(H,23,26). The third-order valence-corrected chi connectivity index (χ3v) is 7.08. The number of non-ortho nitro benzene ring substituents is 1. The summed E-state index contributed by atoms with van der Waals surface area (Å²) < 4.78 is 33.5. The largest absolute Gasteiger partial charge is 0.492 e. The molecule has 1 saturated heterocycles. The van der Waals surface area contributed by atoms with Gasteiger partial charge in [0.05, 0.1) is 17.1 Å². The van der Waals surface area contributed by atoms with Gasteiger partial charge < -0.3 is 15.4 Å². The Morgan fingerprint density at radius 2 is 1.88 bits per heavy atom. The molecule has 0 saturated carbocycles. The van der Waals surface area contributed by atoms with E-state index >= 15 is 0 Å². The van der Waals surface area contributed by atoms with Crippen molar-refractivity contribution in [1.82, 2.24) is 4.31 Å². The molecule has 2 N–H and O–H groups in total. The van der Waals surface area contributed by atoms with Gasteiger partial charge in [-0.3, -0.25) is 14.9 Å². The average Bonchev–Trinajstić information content (AvgIpc) is 2.80. The zero-order chi connectivity index (χ0) is 23.3. The van der Waals surface area contributed by atoms with Crippen LogP contribution in [0.5, 0.6) is 5.75 Å². The monoisotopic (exact) mass is 462 g/mol. The van der Waals surface area contributed by atoms with Gasteiger partial charge >= 0.3 is 0 Å². The highest BCUT2D eigenvalue weighted by atomic mass is 32.2. The van der Waals surface area contributed by atoms with Crippen LogP contribution < -0.4 is 15.4 Å². The van der Waals surface area contributed by atoms with Crippen LogP contribution in [0.3, 0.4) is 0 Å². The van der Waals surface area contributed by atoms with Gasteiger partial charge in [-0.2, -0.15) is 4.31 Å². The number of amides is 1. The summed E-state index contributed by atoms with van der Waals surface area (Å²) in [5.74, 6) is -0.397. The molecule has 172 valence electrons. The van der Waals surface area contributed by atoms with Crippen LogP contribution >= 0.6 is 0 Å². The molecule has 1 amide bonds. The molecular weight excluding hydrogens is 436 g/mol. The van der Waals surface area contributed by atoms with Gasteiger partial charge in [0.25, 0.3) is 11.6 Å². The Bertz CT molecular complexity index is 1110. The van der Waals surface area contributed by atoms with E-state index in [0.29, 0.717) is 18.8 Å². The van der Waals surface area contributed by atoms with Crippen LogP contribution in [0.1, 0.15) is 36.5 Å². The Kier molecular flexibility index (Phi) is 7.31. The van der Waals surface area contributed by atoms with Crippen molar-refractivity contribution in [3.05, 3.63) is 52.1 Å². The van der Waals surface area contributed by atoms with Gasteiger partial charge in [0.1, 0.15) is 10.6 Å². The topological polar surface area (TPSA) is 131 Å². The number of ether oxygens (including phenoxy) is 1. The second-order valence-electron chi connectivity index (χ2n) is 7.25. The van der Waals surface area contributed by atoms with Crippen molar-refractivity contribution in [3.63, 3.8) is 0 Å². The SMILES string of the molecule is CCOc1ccc(NC(=O)c2cc([N+](=O)[O-])ccc2NC)cc1S(=O)(=O)N1CCCCC1. The van der Waals surface area contributed by atoms with E-state index in [9.17, 15) is 23.3 Å². The maximum Gasteiger partial charge on any atom is 0.270 e. The number of anilines is 2. The number of nitrogens with zero attached hydrogens (tertiary/aromatic N) is 2. The highest BCUT2D eigenvalue weighted by Crippen LogP contribution is 2.32. The van der Waals surface area contributed by atoms with Crippen LogP contribution in [0.15, 0.2) is 41.3 Å². The van der Waals surface area contributed by atoms with Gasteiger partial charge in [0.2, 0.25) is 10.0 Å². The lowest BCUT2D eigenvalue weighted by atomic mass is 10.1. The van der Waals surface area contributed by atoms with Crippen LogP contribution in [0, 0.1) is 10.1 Å². The van der Waals surface area contributed by atoms with E-state index in [1.807, 2.05) is 0 Å². The number of benzene rings is 2. The van der Waals surface area contributed by atoms with Crippen molar-refractivity contribution in [1.29, 1.82) is 0 Å². The van der Waals surface area contributed by atoms with E-state index in [-0.39, 0.29) is 34.2 Å². The number of hydrogen-bond acceptors (Lipinski definition) is 7. The van der Waals surface area contributed by atoms with Gasteiger partial charge in [0.15, 0.2) is 0 Å². The van der Waals surface area contributed by atoms with Crippen molar-refractivity contribution in [2.24, 2.45) is 0 Å². The summed E-state index contributed by atoms with van der Waals surface area (Å²) in [6.45, 7) is 2.91. The van der Waals surface area contributed by atoms with E-state index in [4.69, 9.17) is 4.74 Å². The molecule has 0 unspecified atom stereocenters. The first kappa shape index (κ1) is 23.5. The number of nitrogens with one attached hydrogen (secondary N) is 2. The van der Waals surface area contributed by atoms with Crippen molar-refractivity contribution < 1.29 is 22.9 Å². The lowest BCUT2D eigenvalue weighted by Crippen LogP contribution is -2.35. The van der Waals surface area contributed by atoms with Crippen LogP contribution in [0.2, 0.25) is 0 Å². The van der Waals surface area contributed by atoms with Crippen molar-refractivity contribution in [2.75, 3.05) is 37.4 Å². The summed E-state index contributed by atoms with van der Waals surface area (Å²) in [4.78, 5) is 23.4. The first-order chi connectivity index (χ1) is 15.3. The molecule has 1 heterocycles. The summed E-state index contributed by atoms with van der Waals surface area (Å²) in [7, 11) is -2.22. The number of nitro benzene ring substituents is 1. The number of rotatable bonds is 8. The second-order valence-corrected chi connectivity index (χ2v) is 9.16. The Balaban J connectivity index is 1.96. The van der Waals surface area contributed by atoms with E-state index < -0.39 is 20.9 Å². The molecule has 2 aromatic carbocycles. The molecule has 10 nitrogen and oxygen atoms in total. The molecule has 1 aliphatic heterocycles. The van der Waals surface area contributed by atoms with Crippen LogP contribution in [0.4, 0.5) is 17.1 Å². The zero-order valence-corrected chi connectivity index (χ0v) is 18.8. The Hall–Kier alpha value is -3.18. The summed E-state index contributed by atoms with van der Waals surface area (Å²) in [6.07, 6.45) is 2.57. The summed E-state index contributed by atoms with van der Waals surface area (Å²) >= 11 is 0. The second kappa shape index (κ2) is 9.96. The third-order valence-electron chi connectivity index (χ3n) is 5.16. The van der Waals surface area contributed by atoms with E-state index in [2.05, 4.69) is 10.6 Å². The fraction of sp³-hybridized carbons (Fsp3) is 0.381. The number of carbonyl (C=O) groups is 1. The fourth-order valence-electron chi connectivity index (χ4n) is 3.56. The minimum absolute atomic E-state index is 0.0214. The fourth-order valence-corrected chi connectivity index (χ4v) is 5.23. The van der Waals surface area contributed by atoms with Gasteiger partial charge in [0, 0.05) is 43.6 Å². The smallest absolute Gasteiger partial charge is 0.270 e. The van der Waals surface area contributed by atoms with Gasteiger partial charge in [-0.15, -0.1) is 0 Å². The molecule has 0 aromatic heterocycles. The maximum atomic E-state index is 13.3. The first-order valence-electron chi connectivity index (χ1n) is 10.3. The van der Waals surface area contributed by atoms with Gasteiger partial charge in [-0.1, -0.05) is 6.42 Å². The average molecular weight is 463 g/mol. The molecule has 1 fully saturated rings. The number of hydrogen-bond donors (Lipinski definition) is 2. The normalized spacial score (nSPS) is 14.6. The van der Waals surface area contributed by atoms with Crippen molar-refractivity contribution in [2.45, 2.75) is 31.1 Å². The molecule has 0 bridgehead atoms. The quantitative estimate of drug-likeness (QED) is 0.454. The molecule has 2 aromatic rings. The number of carbonyl (C=O) groups excluding carboxylic acids is 1. The Morgan fingerprint density at radius 3 is 2.50 bits per heavy atom. The predicted molar refractivity (Wildman–Crippen MR) is 121 cm³/mol. The highest BCUT2D eigenvalue weighted by Gasteiger charge is 2.29. The van der Waals surface area contributed by atoms with Crippen LogP contribution in [-0.2, 0) is 10.0 Å². The Labute approximate surface area is 186 Å². The van der Waals surface area contributed by atoms with Gasteiger partial charge in [-0.25, -0.2) is 8.42 Å². The zero-order valence-electron chi connectivity index (χ0n) is 18.0.